The molecule has 5 heteroatoms. The lowest BCUT2D eigenvalue weighted by Crippen LogP contribution is -2.10. The van der Waals surface area contributed by atoms with Crippen LogP contribution in [-0.4, -0.2) is 21.6 Å². The summed E-state index contributed by atoms with van der Waals surface area (Å²) >= 11 is 3.54. The Kier molecular flexibility index (Phi) is 3.16. The molecular weight excluding hydrogens is 304 g/mol. The van der Waals surface area contributed by atoms with E-state index in [4.69, 9.17) is 0 Å². The maximum absolute atomic E-state index is 4.64. The third-order valence-corrected chi connectivity index (χ3v) is 3.97. The normalized spacial score (nSPS) is 11.3. The van der Waals surface area contributed by atoms with E-state index < -0.39 is 0 Å². The van der Waals surface area contributed by atoms with Crippen molar-refractivity contribution in [2.24, 2.45) is 7.05 Å². The second-order valence-corrected chi connectivity index (χ2v) is 5.26. The van der Waals surface area contributed by atoms with E-state index >= 15 is 0 Å². The van der Waals surface area contributed by atoms with Crippen molar-refractivity contribution in [2.75, 3.05) is 7.05 Å². The highest BCUT2D eigenvalue weighted by Crippen LogP contribution is 2.30. The van der Waals surface area contributed by atoms with Crippen molar-refractivity contribution in [1.29, 1.82) is 0 Å². The zero-order chi connectivity index (χ0) is 13.4. The fraction of sp³-hybridized carbons (Fsp3) is 0.214. The number of hydrogen-bond donors (Lipinski definition) is 2. The lowest BCUT2D eigenvalue weighted by molar-refractivity contribution is 0.734. The highest BCUT2D eigenvalue weighted by Gasteiger charge is 2.16. The van der Waals surface area contributed by atoms with Crippen LogP contribution in [0.5, 0.6) is 0 Å². The van der Waals surface area contributed by atoms with Gasteiger partial charge in [-0.25, -0.2) is 4.98 Å². The molecule has 0 spiro atoms. The van der Waals surface area contributed by atoms with Gasteiger partial charge in [-0.05, 0) is 29.0 Å². The molecule has 0 atom stereocenters. The second kappa shape index (κ2) is 4.83. The Morgan fingerprint density at radius 1 is 1.37 bits per heavy atom. The molecule has 0 aliphatic heterocycles. The standard InChI is InChI=1S/C14H15BrN4/c1-16-8-12-13(15)18-14(19(12)2)10-7-17-11-6-4-3-5-9(10)11/h3-7,16-17H,8H2,1-2H3. The quantitative estimate of drug-likeness (QED) is 0.779. The SMILES string of the molecule is CNCc1c(Br)nc(-c2c[nH]c3ccccc23)n1C. The van der Waals surface area contributed by atoms with E-state index in [0.29, 0.717) is 0 Å². The van der Waals surface area contributed by atoms with Gasteiger partial charge in [-0.3, -0.25) is 0 Å². The molecule has 4 nitrogen and oxygen atoms in total. The van der Waals surface area contributed by atoms with Gasteiger partial charge in [0.25, 0.3) is 0 Å². The molecule has 0 radical (unpaired) electrons. The summed E-state index contributed by atoms with van der Waals surface area (Å²) in [6.45, 7) is 0.784. The zero-order valence-electron chi connectivity index (χ0n) is 10.9. The number of imidazole rings is 1. The van der Waals surface area contributed by atoms with Gasteiger partial charge in [0.1, 0.15) is 10.4 Å². The molecule has 2 N–H and O–H groups in total. The predicted octanol–water partition coefficient (Wildman–Crippen LogP) is 3.05. The number of nitrogens with zero attached hydrogens (tertiary/aromatic N) is 2. The first-order chi connectivity index (χ1) is 9.22. The molecule has 0 amide bonds. The molecule has 0 bridgehead atoms. The minimum Gasteiger partial charge on any atom is -0.360 e. The van der Waals surface area contributed by atoms with E-state index in [1.54, 1.807) is 0 Å². The van der Waals surface area contributed by atoms with Gasteiger partial charge in [-0.15, -0.1) is 0 Å². The smallest absolute Gasteiger partial charge is 0.143 e. The molecule has 0 fully saturated rings. The van der Waals surface area contributed by atoms with Crippen LogP contribution in [0.2, 0.25) is 0 Å². The number of aromatic amines is 1. The summed E-state index contributed by atoms with van der Waals surface area (Å²) in [4.78, 5) is 7.93. The van der Waals surface area contributed by atoms with Crippen molar-refractivity contribution >= 4 is 26.8 Å². The molecule has 0 unspecified atom stereocenters. The summed E-state index contributed by atoms with van der Waals surface area (Å²) in [5, 5.41) is 4.36. The van der Waals surface area contributed by atoms with Gasteiger partial charge in [-0.2, -0.15) is 0 Å². The second-order valence-electron chi connectivity index (χ2n) is 4.51. The highest BCUT2D eigenvalue weighted by atomic mass is 79.9. The number of aromatic nitrogens is 3. The molecule has 0 saturated heterocycles. The molecule has 2 aromatic heterocycles. The van der Waals surface area contributed by atoms with Crippen molar-refractivity contribution in [3.05, 3.63) is 40.8 Å². The fourth-order valence-electron chi connectivity index (χ4n) is 2.36. The Bertz CT molecular complexity index is 726. The van der Waals surface area contributed by atoms with Gasteiger partial charge in [0, 0.05) is 36.3 Å². The van der Waals surface area contributed by atoms with Gasteiger partial charge in [0.05, 0.1) is 5.69 Å². The maximum atomic E-state index is 4.64. The fourth-order valence-corrected chi connectivity index (χ4v) is 2.93. The van der Waals surface area contributed by atoms with Crippen LogP contribution in [0.3, 0.4) is 0 Å². The summed E-state index contributed by atoms with van der Waals surface area (Å²) in [7, 11) is 3.98. The summed E-state index contributed by atoms with van der Waals surface area (Å²) in [5.41, 5.74) is 3.40. The van der Waals surface area contributed by atoms with Crippen LogP contribution in [0.4, 0.5) is 0 Å². The first kappa shape index (κ1) is 12.4. The summed E-state index contributed by atoms with van der Waals surface area (Å²) in [6.07, 6.45) is 2.02. The average Bonchev–Trinajstić information content (AvgIpc) is 2.95. The van der Waals surface area contributed by atoms with Crippen LogP contribution in [0.25, 0.3) is 22.3 Å². The van der Waals surface area contributed by atoms with Crippen LogP contribution < -0.4 is 5.32 Å². The molecule has 1 aromatic carbocycles. The molecule has 0 aliphatic carbocycles. The van der Waals surface area contributed by atoms with Crippen LogP contribution in [0, 0.1) is 0 Å². The van der Waals surface area contributed by atoms with E-state index in [1.807, 2.05) is 32.4 Å². The van der Waals surface area contributed by atoms with Gasteiger partial charge in [-0.1, -0.05) is 18.2 Å². The average molecular weight is 319 g/mol. The van der Waals surface area contributed by atoms with Crippen molar-refractivity contribution in [3.63, 3.8) is 0 Å². The van der Waals surface area contributed by atoms with Gasteiger partial charge in [0.15, 0.2) is 0 Å². The van der Waals surface area contributed by atoms with E-state index in [0.717, 1.165) is 33.7 Å². The molecule has 98 valence electrons. The van der Waals surface area contributed by atoms with Crippen molar-refractivity contribution in [1.82, 2.24) is 19.9 Å². The first-order valence-electron chi connectivity index (χ1n) is 6.14. The number of fused-ring (bicyclic) bond motifs is 1. The molecule has 3 aromatic rings. The number of para-hydroxylation sites is 1. The summed E-state index contributed by atoms with van der Waals surface area (Å²) in [6, 6.07) is 8.27. The number of H-pyrrole nitrogens is 1. The third kappa shape index (κ3) is 1.99. The molecule has 3 rings (SSSR count). The predicted molar refractivity (Wildman–Crippen MR) is 81.0 cm³/mol. The number of nitrogens with one attached hydrogen (secondary N) is 2. The van der Waals surface area contributed by atoms with Crippen LogP contribution >= 0.6 is 15.9 Å². The monoisotopic (exact) mass is 318 g/mol. The van der Waals surface area contributed by atoms with Gasteiger partial charge in [0.2, 0.25) is 0 Å². The molecule has 2 heterocycles. The molecule has 19 heavy (non-hydrogen) atoms. The first-order valence-corrected chi connectivity index (χ1v) is 6.94. The van der Waals surface area contributed by atoms with E-state index in [-0.39, 0.29) is 0 Å². The number of rotatable bonds is 3. The summed E-state index contributed by atoms with van der Waals surface area (Å²) < 4.78 is 3.01. The van der Waals surface area contributed by atoms with Gasteiger partial charge >= 0.3 is 0 Å². The molecular formula is C14H15BrN4. The van der Waals surface area contributed by atoms with Crippen LogP contribution in [0.15, 0.2) is 35.1 Å². The maximum Gasteiger partial charge on any atom is 0.143 e. The number of hydrogen-bond acceptors (Lipinski definition) is 2. The largest absolute Gasteiger partial charge is 0.360 e. The molecule has 0 saturated carbocycles. The van der Waals surface area contributed by atoms with Crippen molar-refractivity contribution < 1.29 is 0 Å². The zero-order valence-corrected chi connectivity index (χ0v) is 12.5. The Hall–Kier alpha value is -1.59. The van der Waals surface area contributed by atoms with E-state index in [2.05, 4.69) is 47.9 Å². The minimum atomic E-state index is 0.784. The van der Waals surface area contributed by atoms with Crippen molar-refractivity contribution in [3.8, 4) is 11.4 Å². The highest BCUT2D eigenvalue weighted by molar-refractivity contribution is 9.10. The molecule has 0 aliphatic rings. The Labute approximate surface area is 120 Å². The lowest BCUT2D eigenvalue weighted by Gasteiger charge is -2.05. The third-order valence-electron chi connectivity index (χ3n) is 3.34. The van der Waals surface area contributed by atoms with Crippen molar-refractivity contribution in [2.45, 2.75) is 6.54 Å². The Balaban J connectivity index is 2.19. The van der Waals surface area contributed by atoms with E-state index in [1.165, 1.54) is 5.39 Å². The number of halogens is 1. The topological polar surface area (TPSA) is 45.6 Å². The summed E-state index contributed by atoms with van der Waals surface area (Å²) in [5.74, 6) is 0.967. The van der Waals surface area contributed by atoms with Crippen LogP contribution in [-0.2, 0) is 13.6 Å². The lowest BCUT2D eigenvalue weighted by atomic mass is 10.1. The van der Waals surface area contributed by atoms with Gasteiger partial charge < -0.3 is 14.9 Å². The van der Waals surface area contributed by atoms with Crippen LogP contribution in [0.1, 0.15) is 5.69 Å². The van der Waals surface area contributed by atoms with E-state index in [9.17, 15) is 0 Å². The Morgan fingerprint density at radius 3 is 2.95 bits per heavy atom. The minimum absolute atomic E-state index is 0.784. The number of benzene rings is 1. The Morgan fingerprint density at radius 2 is 2.16 bits per heavy atom.